The highest BCUT2D eigenvalue weighted by atomic mass is 19.2. The lowest BCUT2D eigenvalue weighted by molar-refractivity contribution is -0.138. The number of benzene rings is 2. The Bertz CT molecular complexity index is 1520. The summed E-state index contributed by atoms with van der Waals surface area (Å²) in [5, 5.41) is 14.8. The topological polar surface area (TPSA) is 144 Å². The number of rotatable bonds is 11. The van der Waals surface area contributed by atoms with Crippen molar-refractivity contribution in [1.82, 2.24) is 19.7 Å². The molecule has 0 aliphatic rings. The molecule has 0 bridgehead atoms. The molecule has 1 amide bonds. The molecule has 0 saturated heterocycles. The summed E-state index contributed by atoms with van der Waals surface area (Å²) in [6.07, 6.45) is 6.08. The highest BCUT2D eigenvalue weighted by molar-refractivity contribution is 5.96. The lowest BCUT2D eigenvalue weighted by Crippen LogP contribution is -2.30. The van der Waals surface area contributed by atoms with Gasteiger partial charge in [-0.05, 0) is 62.1 Å². The molecule has 0 aliphatic carbocycles. The number of anilines is 2. The molecule has 204 valence electrons. The van der Waals surface area contributed by atoms with E-state index in [9.17, 15) is 18.4 Å². The second-order valence-electron chi connectivity index (χ2n) is 8.91. The van der Waals surface area contributed by atoms with Crippen LogP contribution in [0.5, 0.6) is 5.75 Å². The molecule has 2 aromatic carbocycles. The van der Waals surface area contributed by atoms with Gasteiger partial charge in [0.15, 0.2) is 23.0 Å². The molecule has 2 aromatic heterocycles. The van der Waals surface area contributed by atoms with Crippen molar-refractivity contribution >= 4 is 29.0 Å². The Hall–Kier alpha value is -4.58. The number of nitrogens with two attached hydrogens (primary N) is 1. The number of carbonyl (C=O) groups is 2. The van der Waals surface area contributed by atoms with Crippen LogP contribution in [0.25, 0.3) is 16.9 Å². The third-order valence-corrected chi connectivity index (χ3v) is 6.25. The maximum Gasteiger partial charge on any atom is 0.320 e. The number of methoxy groups -OCH3 is 1. The molecule has 0 aliphatic heterocycles. The van der Waals surface area contributed by atoms with Crippen LogP contribution in [-0.2, 0) is 4.79 Å². The number of carbonyl (C=O) groups excluding carboxylic acids is 1. The molecule has 2 heterocycles. The molecule has 0 unspecified atom stereocenters. The first-order valence-corrected chi connectivity index (χ1v) is 12.2. The van der Waals surface area contributed by atoms with Gasteiger partial charge in [0, 0.05) is 35.8 Å². The average Bonchev–Trinajstić information content (AvgIpc) is 3.34. The zero-order chi connectivity index (χ0) is 28.1. The van der Waals surface area contributed by atoms with Gasteiger partial charge in [0.2, 0.25) is 5.82 Å². The van der Waals surface area contributed by atoms with Gasteiger partial charge >= 0.3 is 5.97 Å². The van der Waals surface area contributed by atoms with Crippen LogP contribution < -0.4 is 21.1 Å². The SMILES string of the molecule is COc1ccc(-c2cnc3c(Nc4ccc(C(=O)NCCCC[C@H](N)C(=O)O)c(C)c4)nccn23)c(F)c1F. The normalized spacial score (nSPS) is 11.8. The minimum absolute atomic E-state index is 0.0221. The largest absolute Gasteiger partial charge is 0.494 e. The lowest BCUT2D eigenvalue weighted by Gasteiger charge is -2.12. The first-order valence-electron chi connectivity index (χ1n) is 12.2. The quantitative estimate of drug-likeness (QED) is 0.210. The maximum absolute atomic E-state index is 14.7. The smallest absolute Gasteiger partial charge is 0.320 e. The van der Waals surface area contributed by atoms with E-state index < -0.39 is 23.6 Å². The molecule has 1 atom stereocenters. The average molecular weight is 539 g/mol. The Morgan fingerprint density at radius 1 is 1.15 bits per heavy atom. The van der Waals surface area contributed by atoms with Crippen LogP contribution in [0.4, 0.5) is 20.3 Å². The summed E-state index contributed by atoms with van der Waals surface area (Å²) >= 11 is 0. The summed E-state index contributed by atoms with van der Waals surface area (Å²) in [5.41, 5.74) is 8.10. The highest BCUT2D eigenvalue weighted by Gasteiger charge is 2.19. The van der Waals surface area contributed by atoms with Gasteiger partial charge in [-0.15, -0.1) is 0 Å². The summed E-state index contributed by atoms with van der Waals surface area (Å²) in [6, 6.07) is 7.06. The number of amides is 1. The van der Waals surface area contributed by atoms with Gasteiger partial charge in [0.25, 0.3) is 5.91 Å². The Balaban J connectivity index is 1.46. The second-order valence-corrected chi connectivity index (χ2v) is 8.91. The Kier molecular flexibility index (Phi) is 8.35. The van der Waals surface area contributed by atoms with Gasteiger partial charge in [-0.3, -0.25) is 14.0 Å². The van der Waals surface area contributed by atoms with Crippen molar-refractivity contribution in [1.29, 1.82) is 0 Å². The van der Waals surface area contributed by atoms with Gasteiger partial charge in [-0.25, -0.2) is 14.4 Å². The van der Waals surface area contributed by atoms with Crippen LogP contribution in [0.2, 0.25) is 0 Å². The van der Waals surface area contributed by atoms with E-state index in [2.05, 4.69) is 20.6 Å². The minimum atomic E-state index is -1.08. The summed E-state index contributed by atoms with van der Waals surface area (Å²) in [7, 11) is 1.26. The van der Waals surface area contributed by atoms with E-state index in [-0.39, 0.29) is 17.2 Å². The van der Waals surface area contributed by atoms with E-state index >= 15 is 0 Å². The number of nitrogens with zero attached hydrogens (tertiary/aromatic N) is 3. The maximum atomic E-state index is 14.7. The van der Waals surface area contributed by atoms with Gasteiger partial charge in [-0.2, -0.15) is 4.39 Å². The van der Waals surface area contributed by atoms with E-state index in [0.717, 1.165) is 5.56 Å². The number of fused-ring (bicyclic) bond motifs is 1. The van der Waals surface area contributed by atoms with Crippen molar-refractivity contribution in [3.8, 4) is 17.0 Å². The number of nitrogens with one attached hydrogen (secondary N) is 2. The van der Waals surface area contributed by atoms with E-state index in [1.54, 1.807) is 35.7 Å². The predicted molar refractivity (Wildman–Crippen MR) is 141 cm³/mol. The minimum Gasteiger partial charge on any atom is -0.494 e. The number of unbranched alkanes of at least 4 members (excludes halogenated alkanes) is 1. The molecule has 4 rings (SSSR count). The zero-order valence-corrected chi connectivity index (χ0v) is 21.4. The fraction of sp³-hybridized carbons (Fsp3) is 0.259. The van der Waals surface area contributed by atoms with Gasteiger partial charge in [0.05, 0.1) is 19.0 Å². The van der Waals surface area contributed by atoms with Crippen LogP contribution in [0.3, 0.4) is 0 Å². The number of aromatic nitrogens is 3. The Labute approximate surface area is 222 Å². The van der Waals surface area contributed by atoms with Crippen molar-refractivity contribution < 1.29 is 28.2 Å². The van der Waals surface area contributed by atoms with Crippen molar-refractivity contribution in [2.24, 2.45) is 5.73 Å². The van der Waals surface area contributed by atoms with E-state index in [1.165, 1.54) is 31.6 Å². The number of aliphatic carboxylic acids is 1. The molecular weight excluding hydrogens is 510 g/mol. The molecule has 12 heteroatoms. The van der Waals surface area contributed by atoms with Gasteiger partial charge in [-0.1, -0.05) is 0 Å². The van der Waals surface area contributed by atoms with Crippen LogP contribution in [0, 0.1) is 18.6 Å². The van der Waals surface area contributed by atoms with Crippen molar-refractivity contribution in [3.05, 3.63) is 71.7 Å². The van der Waals surface area contributed by atoms with Gasteiger partial charge in [0.1, 0.15) is 6.04 Å². The molecule has 10 nitrogen and oxygen atoms in total. The summed E-state index contributed by atoms with van der Waals surface area (Å²) in [6.45, 7) is 2.20. The van der Waals surface area contributed by atoms with Crippen molar-refractivity contribution in [2.45, 2.75) is 32.2 Å². The summed E-state index contributed by atoms with van der Waals surface area (Å²) < 4.78 is 35.5. The third kappa shape index (κ3) is 5.96. The highest BCUT2D eigenvalue weighted by Crippen LogP contribution is 2.31. The predicted octanol–water partition coefficient (Wildman–Crippen LogP) is 4.05. The number of ether oxygens (including phenoxy) is 1. The third-order valence-electron chi connectivity index (χ3n) is 6.25. The Morgan fingerprint density at radius 3 is 2.67 bits per heavy atom. The molecule has 39 heavy (non-hydrogen) atoms. The zero-order valence-electron chi connectivity index (χ0n) is 21.4. The van der Waals surface area contributed by atoms with Gasteiger partial charge < -0.3 is 26.2 Å². The molecule has 0 radical (unpaired) electrons. The van der Waals surface area contributed by atoms with E-state index in [0.29, 0.717) is 54.2 Å². The molecule has 0 spiro atoms. The second kappa shape index (κ2) is 11.9. The fourth-order valence-electron chi connectivity index (χ4n) is 4.14. The van der Waals surface area contributed by atoms with Crippen molar-refractivity contribution in [3.63, 3.8) is 0 Å². The van der Waals surface area contributed by atoms with Crippen LogP contribution in [0.1, 0.15) is 35.2 Å². The number of carboxylic acids is 1. The monoisotopic (exact) mass is 538 g/mol. The molecule has 0 fully saturated rings. The molecule has 4 aromatic rings. The Morgan fingerprint density at radius 2 is 1.95 bits per heavy atom. The standard InChI is InChI=1S/C27H28F2N6O4/c1-15-13-16(6-7-17(15)26(36)32-10-4-3-5-19(30)27(37)38)34-24-25-33-14-20(35(25)12-11-31-24)18-8-9-21(39-2)23(29)22(18)28/h6-9,11-14,19H,3-5,10,30H2,1-2H3,(H,31,34)(H,32,36)(H,37,38)/t19-/m0/s1. The first kappa shape index (κ1) is 27.5. The van der Waals surface area contributed by atoms with Crippen LogP contribution >= 0.6 is 0 Å². The number of aryl methyl sites for hydroxylation is 1. The molecular formula is C27H28F2N6O4. The van der Waals surface area contributed by atoms with Crippen molar-refractivity contribution in [2.75, 3.05) is 19.0 Å². The number of carboxylic acid groups (broad SMARTS) is 1. The first-order chi connectivity index (χ1) is 18.7. The molecule has 5 N–H and O–H groups in total. The summed E-state index contributed by atoms with van der Waals surface area (Å²) in [5.74, 6) is -3.22. The number of hydrogen-bond donors (Lipinski definition) is 4. The van der Waals surface area contributed by atoms with Crippen LogP contribution in [-0.4, -0.2) is 51.0 Å². The molecule has 0 saturated carbocycles. The number of halogens is 2. The van der Waals surface area contributed by atoms with E-state index in [4.69, 9.17) is 15.6 Å². The number of imidazole rings is 1. The van der Waals surface area contributed by atoms with Crippen LogP contribution in [0.15, 0.2) is 48.9 Å². The fourth-order valence-corrected chi connectivity index (χ4v) is 4.14. The van der Waals surface area contributed by atoms with E-state index in [1.807, 2.05) is 0 Å². The summed E-state index contributed by atoms with van der Waals surface area (Å²) in [4.78, 5) is 32.1. The number of hydrogen-bond acceptors (Lipinski definition) is 7. The lowest BCUT2D eigenvalue weighted by atomic mass is 10.1.